The van der Waals surface area contributed by atoms with E-state index in [1.165, 1.54) is 11.6 Å². The summed E-state index contributed by atoms with van der Waals surface area (Å²) in [5, 5.41) is 8.64. The van der Waals surface area contributed by atoms with Crippen LogP contribution in [0.3, 0.4) is 0 Å². The summed E-state index contributed by atoms with van der Waals surface area (Å²) in [6, 6.07) is 5.01. The van der Waals surface area contributed by atoms with Crippen LogP contribution in [0.15, 0.2) is 18.2 Å². The first-order valence-corrected chi connectivity index (χ1v) is 7.07. The van der Waals surface area contributed by atoms with Gasteiger partial charge >= 0.3 is 5.97 Å². The number of aliphatic carboxylic acids is 1. The number of hydrogen-bond acceptors (Lipinski definition) is 2. The van der Waals surface area contributed by atoms with E-state index in [-0.39, 0.29) is 12.4 Å². The zero-order chi connectivity index (χ0) is 14.7. The summed E-state index contributed by atoms with van der Waals surface area (Å²) in [5.41, 5.74) is 2.27. The van der Waals surface area contributed by atoms with E-state index in [0.29, 0.717) is 24.4 Å². The molecule has 3 nitrogen and oxygen atoms in total. The van der Waals surface area contributed by atoms with Crippen molar-refractivity contribution in [2.24, 2.45) is 11.8 Å². The molecule has 1 N–H and O–H groups in total. The molecular weight excluding hydrogens is 259 g/mol. The lowest BCUT2D eigenvalue weighted by atomic mass is 9.70. The highest BCUT2D eigenvalue weighted by molar-refractivity contribution is 5.67. The second-order valence-electron chi connectivity index (χ2n) is 5.82. The van der Waals surface area contributed by atoms with Crippen molar-refractivity contribution < 1.29 is 19.0 Å². The van der Waals surface area contributed by atoms with Gasteiger partial charge in [0, 0.05) is 0 Å². The van der Waals surface area contributed by atoms with Gasteiger partial charge in [-0.1, -0.05) is 19.9 Å². The molecule has 0 amide bonds. The van der Waals surface area contributed by atoms with Crippen molar-refractivity contribution in [2.75, 3.05) is 13.2 Å². The quantitative estimate of drug-likeness (QED) is 0.900. The standard InChI is InChI=1S/C16H21FO3/c1-10(2)16-12(8-20-9-15(18)19)4-3-11-7-13(17)5-6-14(11)16/h5-7,10,12,16H,3-4,8-9H2,1-2H3,(H,18,19). The van der Waals surface area contributed by atoms with Gasteiger partial charge in [-0.05, 0) is 53.9 Å². The first kappa shape index (κ1) is 15.0. The molecule has 0 aromatic heterocycles. The van der Waals surface area contributed by atoms with Gasteiger partial charge in [0.1, 0.15) is 12.4 Å². The van der Waals surface area contributed by atoms with Crippen LogP contribution in [-0.4, -0.2) is 24.3 Å². The highest BCUT2D eigenvalue weighted by atomic mass is 19.1. The first-order valence-electron chi connectivity index (χ1n) is 7.07. The maximum Gasteiger partial charge on any atom is 0.329 e. The summed E-state index contributed by atoms with van der Waals surface area (Å²) < 4.78 is 18.6. The van der Waals surface area contributed by atoms with Crippen molar-refractivity contribution in [1.29, 1.82) is 0 Å². The third kappa shape index (κ3) is 3.37. The second-order valence-corrected chi connectivity index (χ2v) is 5.82. The Kier molecular flexibility index (Phi) is 4.76. The van der Waals surface area contributed by atoms with E-state index in [4.69, 9.17) is 9.84 Å². The molecular formula is C16H21FO3. The van der Waals surface area contributed by atoms with Crippen LogP contribution in [0, 0.1) is 17.7 Å². The van der Waals surface area contributed by atoms with Crippen LogP contribution in [0.4, 0.5) is 4.39 Å². The Morgan fingerprint density at radius 2 is 2.25 bits per heavy atom. The molecule has 1 aliphatic rings. The minimum absolute atomic E-state index is 0.188. The van der Waals surface area contributed by atoms with E-state index in [9.17, 15) is 9.18 Å². The van der Waals surface area contributed by atoms with Crippen LogP contribution in [0.25, 0.3) is 0 Å². The summed E-state index contributed by atoms with van der Waals surface area (Å²) in [5.74, 6) is -0.116. The van der Waals surface area contributed by atoms with Crippen LogP contribution in [0.5, 0.6) is 0 Å². The molecule has 1 aromatic carbocycles. The number of halogens is 1. The van der Waals surface area contributed by atoms with Gasteiger partial charge in [0.25, 0.3) is 0 Å². The molecule has 2 atom stereocenters. The van der Waals surface area contributed by atoms with E-state index in [1.54, 1.807) is 6.07 Å². The maximum atomic E-state index is 13.3. The largest absolute Gasteiger partial charge is 0.480 e. The van der Waals surface area contributed by atoms with Crippen LogP contribution in [0.2, 0.25) is 0 Å². The fourth-order valence-corrected chi connectivity index (χ4v) is 3.28. The van der Waals surface area contributed by atoms with E-state index in [0.717, 1.165) is 18.4 Å². The molecule has 0 heterocycles. The molecule has 2 rings (SSSR count). The van der Waals surface area contributed by atoms with Gasteiger partial charge in [-0.25, -0.2) is 9.18 Å². The van der Waals surface area contributed by atoms with Crippen LogP contribution in [0.1, 0.15) is 37.3 Å². The summed E-state index contributed by atoms with van der Waals surface area (Å²) in [7, 11) is 0. The predicted octanol–water partition coefficient (Wildman–Crippen LogP) is 3.23. The Bertz CT molecular complexity index is 485. The van der Waals surface area contributed by atoms with Gasteiger partial charge in [-0.3, -0.25) is 0 Å². The van der Waals surface area contributed by atoms with Gasteiger partial charge in [0.15, 0.2) is 0 Å². The Hall–Kier alpha value is -1.42. The van der Waals surface area contributed by atoms with Crippen molar-refractivity contribution in [2.45, 2.75) is 32.6 Å². The molecule has 2 unspecified atom stereocenters. The lowest BCUT2D eigenvalue weighted by Gasteiger charge is -2.36. The number of carboxylic acid groups (broad SMARTS) is 1. The highest BCUT2D eigenvalue weighted by Gasteiger charge is 2.32. The van der Waals surface area contributed by atoms with E-state index in [1.807, 2.05) is 6.07 Å². The number of hydrogen-bond donors (Lipinski definition) is 1. The number of aryl methyl sites for hydroxylation is 1. The van der Waals surface area contributed by atoms with Gasteiger partial charge in [-0.15, -0.1) is 0 Å². The topological polar surface area (TPSA) is 46.5 Å². The van der Waals surface area contributed by atoms with E-state index in [2.05, 4.69) is 13.8 Å². The molecule has 0 fully saturated rings. The zero-order valence-electron chi connectivity index (χ0n) is 11.9. The third-order valence-electron chi connectivity index (χ3n) is 4.03. The van der Waals surface area contributed by atoms with Crippen molar-refractivity contribution in [1.82, 2.24) is 0 Å². The average molecular weight is 280 g/mol. The first-order chi connectivity index (χ1) is 9.49. The Morgan fingerprint density at radius 1 is 1.50 bits per heavy atom. The van der Waals surface area contributed by atoms with Gasteiger partial charge < -0.3 is 9.84 Å². The SMILES string of the molecule is CC(C)C1c2ccc(F)cc2CCC1COCC(=O)O. The Labute approximate surface area is 118 Å². The smallest absolute Gasteiger partial charge is 0.329 e. The van der Waals surface area contributed by atoms with Crippen molar-refractivity contribution in [3.8, 4) is 0 Å². The molecule has 0 saturated heterocycles. The molecule has 4 heteroatoms. The third-order valence-corrected chi connectivity index (χ3v) is 4.03. The maximum absolute atomic E-state index is 13.3. The van der Waals surface area contributed by atoms with Crippen LogP contribution < -0.4 is 0 Å². The number of rotatable bonds is 5. The lowest BCUT2D eigenvalue weighted by Crippen LogP contribution is -2.29. The number of carbonyl (C=O) groups is 1. The second kappa shape index (κ2) is 6.35. The molecule has 0 saturated carbocycles. The van der Waals surface area contributed by atoms with Crippen LogP contribution in [-0.2, 0) is 16.0 Å². The van der Waals surface area contributed by atoms with Gasteiger partial charge in [-0.2, -0.15) is 0 Å². The van der Waals surface area contributed by atoms with E-state index < -0.39 is 5.97 Å². The predicted molar refractivity (Wildman–Crippen MR) is 74.2 cm³/mol. The molecule has 0 spiro atoms. The van der Waals surface area contributed by atoms with Crippen LogP contribution >= 0.6 is 0 Å². The summed E-state index contributed by atoms with van der Waals surface area (Å²) >= 11 is 0. The van der Waals surface area contributed by atoms with Gasteiger partial charge in [0.2, 0.25) is 0 Å². The minimum atomic E-state index is -0.940. The fourth-order valence-electron chi connectivity index (χ4n) is 3.28. The Morgan fingerprint density at radius 3 is 2.90 bits per heavy atom. The minimum Gasteiger partial charge on any atom is -0.480 e. The zero-order valence-corrected chi connectivity index (χ0v) is 11.9. The molecule has 0 aliphatic heterocycles. The van der Waals surface area contributed by atoms with Gasteiger partial charge in [0.05, 0.1) is 6.61 Å². The molecule has 1 aliphatic carbocycles. The molecule has 1 aromatic rings. The van der Waals surface area contributed by atoms with Crippen molar-refractivity contribution in [3.05, 3.63) is 35.1 Å². The number of fused-ring (bicyclic) bond motifs is 1. The fraction of sp³-hybridized carbons (Fsp3) is 0.562. The highest BCUT2D eigenvalue weighted by Crippen LogP contribution is 2.41. The molecule has 110 valence electrons. The Balaban J connectivity index is 2.15. The number of ether oxygens (including phenoxy) is 1. The number of carboxylic acids is 1. The lowest BCUT2D eigenvalue weighted by molar-refractivity contribution is -0.142. The monoisotopic (exact) mass is 280 g/mol. The summed E-state index contributed by atoms with van der Waals surface area (Å²) in [4.78, 5) is 10.5. The average Bonchev–Trinajstić information content (AvgIpc) is 2.37. The number of benzene rings is 1. The van der Waals surface area contributed by atoms with Crippen molar-refractivity contribution in [3.63, 3.8) is 0 Å². The molecule has 0 bridgehead atoms. The van der Waals surface area contributed by atoms with Crippen molar-refractivity contribution >= 4 is 5.97 Å². The summed E-state index contributed by atoms with van der Waals surface area (Å²) in [6.07, 6.45) is 1.75. The molecule has 0 radical (unpaired) electrons. The summed E-state index contributed by atoms with van der Waals surface area (Å²) in [6.45, 7) is 4.49. The normalized spacial score (nSPS) is 21.8. The van der Waals surface area contributed by atoms with E-state index >= 15 is 0 Å². The molecule has 20 heavy (non-hydrogen) atoms.